The maximum atomic E-state index is 11.0. The molecule has 0 radical (unpaired) electrons. The van der Waals surface area contributed by atoms with Gasteiger partial charge in [-0.1, -0.05) is 89.7 Å². The van der Waals surface area contributed by atoms with Crippen LogP contribution in [0.4, 0.5) is 0 Å². The van der Waals surface area contributed by atoms with Crippen molar-refractivity contribution < 1.29 is 19.7 Å². The molecule has 1 aromatic carbocycles. The molecule has 0 aliphatic heterocycles. The van der Waals surface area contributed by atoms with Gasteiger partial charge in [0.05, 0.1) is 6.61 Å². The normalized spacial score (nSPS) is 10.8. The van der Waals surface area contributed by atoms with Crippen LogP contribution in [0.2, 0.25) is 0 Å². The van der Waals surface area contributed by atoms with Crippen LogP contribution in [0.5, 0.6) is 5.75 Å². The molecule has 0 saturated carbocycles. The standard InChI is InChI=1S/C21H34O4/c1-2-3-4-5-6-7-8-9-10-11-12-15-18-24-25-20-17-14-13-16-19(20)21(22)23/h13-14,16-17H,2-12,15,18H2,1H3,(H,22,23). The van der Waals surface area contributed by atoms with Gasteiger partial charge in [0, 0.05) is 0 Å². The van der Waals surface area contributed by atoms with Crippen LogP contribution >= 0.6 is 0 Å². The maximum Gasteiger partial charge on any atom is 0.339 e. The van der Waals surface area contributed by atoms with Gasteiger partial charge in [0.15, 0.2) is 5.75 Å². The summed E-state index contributed by atoms with van der Waals surface area (Å²) in [6, 6.07) is 6.51. The molecule has 0 aromatic heterocycles. The van der Waals surface area contributed by atoms with E-state index < -0.39 is 5.97 Å². The van der Waals surface area contributed by atoms with Gasteiger partial charge in [-0.25, -0.2) is 4.79 Å². The van der Waals surface area contributed by atoms with Gasteiger partial charge in [0.2, 0.25) is 0 Å². The fourth-order valence-corrected chi connectivity index (χ4v) is 2.82. The van der Waals surface area contributed by atoms with Crippen LogP contribution in [-0.2, 0) is 4.89 Å². The molecule has 0 amide bonds. The summed E-state index contributed by atoms with van der Waals surface area (Å²) in [5.74, 6) is -0.751. The van der Waals surface area contributed by atoms with Crippen molar-refractivity contribution in [2.75, 3.05) is 6.61 Å². The highest BCUT2D eigenvalue weighted by Crippen LogP contribution is 2.18. The first-order valence-corrected chi connectivity index (χ1v) is 9.87. The van der Waals surface area contributed by atoms with E-state index in [1.165, 1.54) is 70.3 Å². The minimum atomic E-state index is -1.01. The molecule has 4 heteroatoms. The molecule has 142 valence electrons. The van der Waals surface area contributed by atoms with E-state index in [4.69, 9.17) is 14.9 Å². The second-order valence-corrected chi connectivity index (χ2v) is 6.60. The Hall–Kier alpha value is -1.55. The second kappa shape index (κ2) is 14.8. The third kappa shape index (κ3) is 10.8. The quantitative estimate of drug-likeness (QED) is 0.213. The van der Waals surface area contributed by atoms with Gasteiger partial charge in [-0.05, 0) is 18.6 Å². The summed E-state index contributed by atoms with van der Waals surface area (Å²) in [6.07, 6.45) is 15.5. The van der Waals surface area contributed by atoms with Crippen LogP contribution in [0.3, 0.4) is 0 Å². The number of carboxylic acids is 1. The Kier molecular flexibility index (Phi) is 12.7. The molecule has 0 spiro atoms. The van der Waals surface area contributed by atoms with Crippen LogP contribution in [-0.4, -0.2) is 17.7 Å². The average Bonchev–Trinajstić information content (AvgIpc) is 2.62. The molecule has 0 bridgehead atoms. The highest BCUT2D eigenvalue weighted by Gasteiger charge is 2.10. The molecule has 0 fully saturated rings. The zero-order chi connectivity index (χ0) is 18.2. The van der Waals surface area contributed by atoms with Crippen LogP contribution < -0.4 is 4.89 Å². The first kappa shape index (κ1) is 21.5. The van der Waals surface area contributed by atoms with E-state index >= 15 is 0 Å². The Morgan fingerprint density at radius 2 is 1.36 bits per heavy atom. The first-order chi connectivity index (χ1) is 12.3. The van der Waals surface area contributed by atoms with Gasteiger partial charge in [-0.3, -0.25) is 0 Å². The number of carbonyl (C=O) groups is 1. The number of hydrogen-bond acceptors (Lipinski definition) is 3. The molecule has 0 aliphatic rings. The minimum Gasteiger partial charge on any atom is -0.478 e. The molecule has 1 aromatic rings. The molecular formula is C21H34O4. The first-order valence-electron chi connectivity index (χ1n) is 9.87. The summed E-state index contributed by atoms with van der Waals surface area (Å²) in [5.41, 5.74) is 0.122. The van der Waals surface area contributed by atoms with Crippen LogP contribution in [0, 0.1) is 0 Å². The zero-order valence-electron chi connectivity index (χ0n) is 15.7. The number of aromatic carboxylic acids is 1. The average molecular weight is 350 g/mol. The molecule has 0 saturated heterocycles. The van der Waals surface area contributed by atoms with E-state index in [0.29, 0.717) is 6.61 Å². The molecule has 0 aliphatic carbocycles. The lowest BCUT2D eigenvalue weighted by Gasteiger charge is -2.07. The summed E-state index contributed by atoms with van der Waals surface area (Å²) < 4.78 is 0. The highest BCUT2D eigenvalue weighted by molar-refractivity contribution is 5.90. The summed E-state index contributed by atoms with van der Waals surface area (Å²) in [6.45, 7) is 2.75. The van der Waals surface area contributed by atoms with Crippen LogP contribution in [0.1, 0.15) is 94.3 Å². The van der Waals surface area contributed by atoms with E-state index in [9.17, 15) is 4.79 Å². The van der Waals surface area contributed by atoms with Crippen molar-refractivity contribution in [3.63, 3.8) is 0 Å². The van der Waals surface area contributed by atoms with Gasteiger partial charge >= 0.3 is 5.97 Å². The molecule has 0 unspecified atom stereocenters. The lowest BCUT2D eigenvalue weighted by molar-refractivity contribution is -0.207. The van der Waals surface area contributed by atoms with Gasteiger partial charge < -0.3 is 9.99 Å². The third-order valence-electron chi connectivity index (χ3n) is 4.35. The summed E-state index contributed by atoms with van der Waals surface area (Å²) in [4.78, 5) is 21.3. The SMILES string of the molecule is CCCCCCCCCCCCCCOOc1ccccc1C(=O)O. The predicted molar refractivity (Wildman–Crippen MR) is 101 cm³/mol. The molecule has 1 rings (SSSR count). The lowest BCUT2D eigenvalue weighted by atomic mass is 10.1. The molecule has 1 N–H and O–H groups in total. The van der Waals surface area contributed by atoms with Gasteiger partial charge in [-0.2, -0.15) is 4.89 Å². The minimum absolute atomic E-state index is 0.122. The zero-order valence-corrected chi connectivity index (χ0v) is 15.7. The molecule has 0 atom stereocenters. The molecule has 25 heavy (non-hydrogen) atoms. The number of unbranched alkanes of at least 4 members (excludes halogenated alkanes) is 11. The molecule has 4 nitrogen and oxygen atoms in total. The highest BCUT2D eigenvalue weighted by atomic mass is 17.2. The second-order valence-electron chi connectivity index (χ2n) is 6.60. The summed E-state index contributed by atoms with van der Waals surface area (Å²) in [7, 11) is 0. The topological polar surface area (TPSA) is 55.8 Å². The maximum absolute atomic E-state index is 11.0. The molecular weight excluding hydrogens is 316 g/mol. The number of benzene rings is 1. The van der Waals surface area contributed by atoms with Crippen molar-refractivity contribution in [3.05, 3.63) is 29.8 Å². The molecule has 0 heterocycles. The monoisotopic (exact) mass is 350 g/mol. The Labute approximate surface area is 152 Å². The summed E-state index contributed by atoms with van der Waals surface area (Å²) >= 11 is 0. The van der Waals surface area contributed by atoms with E-state index in [-0.39, 0.29) is 11.3 Å². The Morgan fingerprint density at radius 1 is 0.840 bits per heavy atom. The summed E-state index contributed by atoms with van der Waals surface area (Å²) in [5, 5.41) is 9.05. The van der Waals surface area contributed by atoms with Crippen molar-refractivity contribution in [3.8, 4) is 5.75 Å². The smallest absolute Gasteiger partial charge is 0.339 e. The number of hydrogen-bond donors (Lipinski definition) is 1. The van der Waals surface area contributed by atoms with E-state index in [0.717, 1.165) is 12.8 Å². The Bertz CT molecular complexity index is 459. The van der Waals surface area contributed by atoms with Crippen molar-refractivity contribution in [2.45, 2.75) is 84.0 Å². The largest absolute Gasteiger partial charge is 0.478 e. The van der Waals surface area contributed by atoms with E-state index in [1.807, 2.05) is 0 Å². The van der Waals surface area contributed by atoms with E-state index in [2.05, 4.69) is 6.92 Å². The number of rotatable bonds is 16. The van der Waals surface area contributed by atoms with Crippen molar-refractivity contribution >= 4 is 5.97 Å². The fourth-order valence-electron chi connectivity index (χ4n) is 2.82. The van der Waals surface area contributed by atoms with Crippen molar-refractivity contribution in [2.24, 2.45) is 0 Å². The van der Waals surface area contributed by atoms with Crippen molar-refractivity contribution in [1.29, 1.82) is 0 Å². The van der Waals surface area contributed by atoms with Crippen LogP contribution in [0.15, 0.2) is 24.3 Å². The Balaban J connectivity index is 1.90. The van der Waals surface area contributed by atoms with Gasteiger partial charge in [0.1, 0.15) is 5.56 Å². The lowest BCUT2D eigenvalue weighted by Crippen LogP contribution is -2.05. The number of para-hydroxylation sites is 1. The van der Waals surface area contributed by atoms with Gasteiger partial charge in [-0.15, -0.1) is 0 Å². The fraction of sp³-hybridized carbons (Fsp3) is 0.667. The third-order valence-corrected chi connectivity index (χ3v) is 4.35. The Morgan fingerprint density at radius 3 is 1.92 bits per heavy atom. The van der Waals surface area contributed by atoms with E-state index in [1.54, 1.807) is 18.2 Å². The van der Waals surface area contributed by atoms with Crippen LogP contribution in [0.25, 0.3) is 0 Å². The number of carboxylic acid groups (broad SMARTS) is 1. The predicted octanol–water partition coefficient (Wildman–Crippen LogP) is 6.40. The van der Waals surface area contributed by atoms with Crippen molar-refractivity contribution in [1.82, 2.24) is 0 Å². The van der Waals surface area contributed by atoms with Gasteiger partial charge in [0.25, 0.3) is 0 Å².